The molecule has 1 aliphatic heterocycles. The molecule has 2 atom stereocenters. The molecule has 5 rings (SSSR count). The zero-order valence-corrected chi connectivity index (χ0v) is 25.1. The second-order valence-electron chi connectivity index (χ2n) is 11.9. The van der Waals surface area contributed by atoms with Crippen molar-refractivity contribution in [3.63, 3.8) is 0 Å². The van der Waals surface area contributed by atoms with Gasteiger partial charge in [-0.15, -0.1) is 11.8 Å². The average Bonchev–Trinajstić information content (AvgIpc) is 2.98. The van der Waals surface area contributed by atoms with Gasteiger partial charge in [0.15, 0.2) is 0 Å². The van der Waals surface area contributed by atoms with E-state index in [0.29, 0.717) is 36.0 Å². The molecule has 6 heteroatoms. The highest BCUT2D eigenvalue weighted by Crippen LogP contribution is 2.42. The van der Waals surface area contributed by atoms with Crippen LogP contribution >= 0.6 is 11.8 Å². The minimum absolute atomic E-state index is 0.0305. The third-order valence-electron chi connectivity index (χ3n) is 8.90. The number of thioether (sulfide) groups is 1. The zero-order valence-electron chi connectivity index (χ0n) is 24.2. The quantitative estimate of drug-likeness (QED) is 0.271. The molecule has 40 heavy (non-hydrogen) atoms. The number of carbonyl (C=O) groups is 2. The molecule has 2 saturated carbocycles. The summed E-state index contributed by atoms with van der Waals surface area (Å²) >= 11 is 1.76. The van der Waals surface area contributed by atoms with E-state index in [9.17, 15) is 9.59 Å². The summed E-state index contributed by atoms with van der Waals surface area (Å²) in [5, 5.41) is 3.53. The van der Waals surface area contributed by atoms with Gasteiger partial charge in [0.25, 0.3) is 11.8 Å². The van der Waals surface area contributed by atoms with Crippen LogP contribution in [0.15, 0.2) is 53.4 Å². The van der Waals surface area contributed by atoms with Gasteiger partial charge in [0.2, 0.25) is 0 Å². The molecule has 1 heterocycles. The Balaban J connectivity index is 1.18. The van der Waals surface area contributed by atoms with Crippen LogP contribution in [0.5, 0.6) is 0 Å². The van der Waals surface area contributed by atoms with E-state index in [1.165, 1.54) is 56.1 Å². The predicted molar refractivity (Wildman–Crippen MR) is 166 cm³/mol. The fourth-order valence-electron chi connectivity index (χ4n) is 6.59. The van der Waals surface area contributed by atoms with Crippen LogP contribution in [0.25, 0.3) is 6.08 Å². The minimum atomic E-state index is -0.0305. The van der Waals surface area contributed by atoms with Gasteiger partial charge in [-0.1, -0.05) is 74.1 Å². The molecule has 3 aliphatic rings. The summed E-state index contributed by atoms with van der Waals surface area (Å²) in [6.45, 7) is 4.47. The van der Waals surface area contributed by atoms with Gasteiger partial charge >= 0.3 is 0 Å². The Kier molecular flexibility index (Phi) is 10.0. The van der Waals surface area contributed by atoms with Crippen LogP contribution in [0.2, 0.25) is 0 Å². The molecule has 2 aromatic carbocycles. The van der Waals surface area contributed by atoms with Gasteiger partial charge in [-0.2, -0.15) is 0 Å². The Morgan fingerprint density at radius 1 is 1.02 bits per heavy atom. The van der Waals surface area contributed by atoms with Crippen molar-refractivity contribution in [3.8, 4) is 0 Å². The van der Waals surface area contributed by atoms with Crippen molar-refractivity contribution in [1.29, 1.82) is 0 Å². The van der Waals surface area contributed by atoms with E-state index in [-0.39, 0.29) is 11.8 Å². The van der Waals surface area contributed by atoms with E-state index in [4.69, 9.17) is 0 Å². The van der Waals surface area contributed by atoms with Crippen molar-refractivity contribution < 1.29 is 9.59 Å². The van der Waals surface area contributed by atoms with Crippen molar-refractivity contribution in [2.24, 2.45) is 0 Å². The molecule has 0 bridgehead atoms. The second kappa shape index (κ2) is 13.9. The summed E-state index contributed by atoms with van der Waals surface area (Å²) in [6.07, 6.45) is 14.3. The van der Waals surface area contributed by atoms with Crippen molar-refractivity contribution >= 4 is 29.7 Å². The molecule has 0 radical (unpaired) electrons. The Labute approximate surface area is 244 Å². The normalized spacial score (nSPS) is 22.9. The highest BCUT2D eigenvalue weighted by molar-refractivity contribution is 8.04. The van der Waals surface area contributed by atoms with Crippen LogP contribution in [0, 0.1) is 6.92 Å². The summed E-state index contributed by atoms with van der Waals surface area (Å²) in [5.41, 5.74) is 4.05. The monoisotopic (exact) mass is 559 g/mol. The lowest BCUT2D eigenvalue weighted by Crippen LogP contribution is -2.50. The van der Waals surface area contributed by atoms with E-state index in [1.807, 2.05) is 30.3 Å². The molecule has 0 aromatic heterocycles. The van der Waals surface area contributed by atoms with E-state index in [2.05, 4.69) is 53.4 Å². The number of aryl methyl sites for hydroxylation is 1. The van der Waals surface area contributed by atoms with E-state index in [1.54, 1.807) is 11.8 Å². The average molecular weight is 560 g/mol. The van der Waals surface area contributed by atoms with Gasteiger partial charge in [-0.25, -0.2) is 0 Å². The molecule has 2 amide bonds. The maximum absolute atomic E-state index is 13.7. The number of nitrogens with zero attached hydrogens (tertiary/aromatic N) is 2. The van der Waals surface area contributed by atoms with Crippen LogP contribution in [-0.4, -0.2) is 59.1 Å². The molecule has 3 fully saturated rings. The lowest BCUT2D eigenvalue weighted by Gasteiger charge is -2.44. The molecule has 1 N–H and O–H groups in total. The molecule has 0 spiro atoms. The first-order valence-corrected chi connectivity index (χ1v) is 16.2. The highest BCUT2D eigenvalue weighted by Gasteiger charge is 2.40. The molecule has 214 valence electrons. The van der Waals surface area contributed by atoms with Crippen molar-refractivity contribution in [1.82, 2.24) is 15.1 Å². The van der Waals surface area contributed by atoms with Crippen LogP contribution in [0.4, 0.5) is 0 Å². The molecular formula is C34H45N3O2S. The number of hydrogen-bond acceptors (Lipinski definition) is 4. The van der Waals surface area contributed by atoms with Crippen LogP contribution < -0.4 is 5.32 Å². The Bertz CT molecular complexity index is 1190. The number of carbonyl (C=O) groups excluding carboxylic acids is 2. The number of fused-ring (bicyclic) bond motifs is 1. The summed E-state index contributed by atoms with van der Waals surface area (Å²) in [4.78, 5) is 31.9. The fraction of sp³-hybridized carbons (Fsp3) is 0.529. The van der Waals surface area contributed by atoms with E-state index >= 15 is 0 Å². The summed E-state index contributed by atoms with van der Waals surface area (Å²) in [6, 6.07) is 17.2. The first kappa shape index (κ1) is 28.9. The smallest absolute Gasteiger partial charge is 0.260 e. The Hall–Kier alpha value is -2.57. The van der Waals surface area contributed by atoms with Gasteiger partial charge in [0.05, 0.1) is 4.91 Å². The molecule has 2 aliphatic carbocycles. The predicted octanol–water partition coefficient (Wildman–Crippen LogP) is 6.81. The van der Waals surface area contributed by atoms with Gasteiger partial charge in [-0.3, -0.25) is 9.59 Å². The van der Waals surface area contributed by atoms with Gasteiger partial charge in [0.1, 0.15) is 0 Å². The first-order chi connectivity index (χ1) is 19.5. The van der Waals surface area contributed by atoms with Crippen molar-refractivity contribution in [2.75, 3.05) is 20.1 Å². The fourth-order valence-corrected chi connectivity index (χ4v) is 8.06. The molecule has 1 saturated heterocycles. The van der Waals surface area contributed by atoms with Gasteiger partial charge in [0, 0.05) is 36.0 Å². The second-order valence-corrected chi connectivity index (χ2v) is 13.2. The summed E-state index contributed by atoms with van der Waals surface area (Å²) in [5.74, 6) is 0.103. The Morgan fingerprint density at radius 3 is 2.55 bits per heavy atom. The van der Waals surface area contributed by atoms with Crippen LogP contribution in [0.3, 0.4) is 0 Å². The number of hydrogen-bond donors (Lipinski definition) is 1. The van der Waals surface area contributed by atoms with Gasteiger partial charge in [-0.05, 0) is 82.0 Å². The van der Waals surface area contributed by atoms with Crippen LogP contribution in [-0.2, 0) is 11.3 Å². The molecular weight excluding hydrogens is 514 g/mol. The third-order valence-corrected chi connectivity index (χ3v) is 10.3. The van der Waals surface area contributed by atoms with Crippen LogP contribution in [0.1, 0.15) is 91.3 Å². The minimum Gasteiger partial charge on any atom is -0.352 e. The topological polar surface area (TPSA) is 52.7 Å². The van der Waals surface area contributed by atoms with E-state index < -0.39 is 0 Å². The number of amides is 2. The molecule has 2 unspecified atom stereocenters. The van der Waals surface area contributed by atoms with E-state index in [0.717, 1.165) is 36.3 Å². The zero-order chi connectivity index (χ0) is 27.9. The third kappa shape index (κ3) is 7.38. The maximum Gasteiger partial charge on any atom is 0.260 e. The number of benzene rings is 2. The lowest BCUT2D eigenvalue weighted by atomic mass is 9.92. The highest BCUT2D eigenvalue weighted by atomic mass is 32.2. The summed E-state index contributed by atoms with van der Waals surface area (Å²) < 4.78 is 0. The maximum atomic E-state index is 13.7. The Morgan fingerprint density at radius 2 is 1.77 bits per heavy atom. The lowest BCUT2D eigenvalue weighted by molar-refractivity contribution is -0.130. The standard InChI is InChI=1S/C34H45N3O2S/c1-25-10-8-11-27(22-25)24-37-30-14-6-7-15-31(30)40-32(34(37)39)23-26-16-18-28(19-17-26)33(38)35-20-9-21-36(2)29-12-4-3-5-13-29/h8,10-11,16-19,22-23,29-31H,3-7,9,12-15,20-21,24H2,1-2H3,(H,35,38)/b32-23+. The number of nitrogens with one attached hydrogen (secondary N) is 1. The largest absolute Gasteiger partial charge is 0.352 e. The summed E-state index contributed by atoms with van der Waals surface area (Å²) in [7, 11) is 2.22. The molecule has 2 aromatic rings. The SMILES string of the molecule is Cc1cccc(CN2C(=O)/C(=C\c3ccc(C(=O)NCCCN(C)C4CCCCC4)cc3)SC3CCCCC32)c1. The number of rotatable bonds is 9. The van der Waals surface area contributed by atoms with Crippen molar-refractivity contribution in [3.05, 3.63) is 75.7 Å². The van der Waals surface area contributed by atoms with Gasteiger partial charge < -0.3 is 15.1 Å². The van der Waals surface area contributed by atoms with Crippen molar-refractivity contribution in [2.45, 2.75) is 95.0 Å². The first-order valence-electron chi connectivity index (χ1n) is 15.3. The molecule has 5 nitrogen and oxygen atoms in total.